The normalized spacial score (nSPS) is 14.7. The number of carbonyl (C=O) groups excluding carboxylic acids is 2. The molecule has 1 aliphatic carbocycles. The summed E-state index contributed by atoms with van der Waals surface area (Å²) in [4.78, 5) is 29.7. The molecule has 7 nitrogen and oxygen atoms in total. The first-order valence-corrected chi connectivity index (χ1v) is 16.3. The summed E-state index contributed by atoms with van der Waals surface area (Å²) in [5.74, 6) is -0.614. The maximum atomic E-state index is 14.3. The van der Waals surface area contributed by atoms with E-state index in [1.807, 2.05) is 58.0 Å². The van der Waals surface area contributed by atoms with Crippen LogP contribution >= 0.6 is 0 Å². The average Bonchev–Trinajstić information content (AvgIpc) is 2.98. The highest BCUT2D eigenvalue weighted by atomic mass is 32.2. The van der Waals surface area contributed by atoms with Gasteiger partial charge in [-0.3, -0.25) is 13.9 Å². The second kappa shape index (κ2) is 14.0. The molecule has 0 spiro atoms. The quantitative estimate of drug-likeness (QED) is 0.294. The number of carbonyl (C=O) groups is 2. The molecule has 0 heterocycles. The number of nitrogens with zero attached hydrogens (tertiary/aromatic N) is 2. The Morgan fingerprint density at radius 3 is 2.26 bits per heavy atom. The van der Waals surface area contributed by atoms with Gasteiger partial charge >= 0.3 is 0 Å². The SMILES string of the molecule is CCC(C(=O)NC1CCCCC1)N(Cc1cccc(C)c1)C(=O)CN(c1cccc(C)c1C)S(=O)(=O)c1ccccc1. The van der Waals surface area contributed by atoms with Gasteiger partial charge < -0.3 is 10.2 Å². The van der Waals surface area contributed by atoms with Crippen LogP contribution in [0.5, 0.6) is 0 Å². The van der Waals surface area contributed by atoms with Crippen LogP contribution in [0.15, 0.2) is 77.7 Å². The van der Waals surface area contributed by atoms with Gasteiger partial charge in [-0.05, 0) is 74.9 Å². The molecule has 1 aliphatic rings. The predicted octanol–water partition coefficient (Wildman–Crippen LogP) is 6.06. The maximum absolute atomic E-state index is 14.3. The molecule has 2 amide bonds. The smallest absolute Gasteiger partial charge is 0.264 e. The van der Waals surface area contributed by atoms with Crippen LogP contribution in [0.4, 0.5) is 5.69 Å². The summed E-state index contributed by atoms with van der Waals surface area (Å²) < 4.78 is 29.3. The summed E-state index contributed by atoms with van der Waals surface area (Å²) in [5.41, 5.74) is 4.07. The highest BCUT2D eigenvalue weighted by Crippen LogP contribution is 2.29. The van der Waals surface area contributed by atoms with Gasteiger partial charge in [0.15, 0.2) is 0 Å². The first-order chi connectivity index (χ1) is 20.1. The van der Waals surface area contributed by atoms with Gasteiger partial charge in [0.1, 0.15) is 12.6 Å². The molecule has 42 heavy (non-hydrogen) atoms. The Bertz CT molecular complexity index is 1480. The summed E-state index contributed by atoms with van der Waals surface area (Å²) in [5, 5.41) is 3.20. The lowest BCUT2D eigenvalue weighted by Gasteiger charge is -2.35. The largest absolute Gasteiger partial charge is 0.352 e. The third-order valence-electron chi connectivity index (χ3n) is 8.23. The van der Waals surface area contributed by atoms with Crippen LogP contribution in [0.3, 0.4) is 0 Å². The topological polar surface area (TPSA) is 86.8 Å². The molecular weight excluding hydrogens is 546 g/mol. The minimum Gasteiger partial charge on any atom is -0.352 e. The molecule has 8 heteroatoms. The Balaban J connectivity index is 1.73. The fourth-order valence-electron chi connectivity index (χ4n) is 5.71. The van der Waals surface area contributed by atoms with Gasteiger partial charge in [0.25, 0.3) is 10.0 Å². The fourth-order valence-corrected chi connectivity index (χ4v) is 7.20. The van der Waals surface area contributed by atoms with Crippen LogP contribution in [-0.4, -0.2) is 43.8 Å². The first kappa shape index (κ1) is 31.3. The highest BCUT2D eigenvalue weighted by Gasteiger charge is 2.35. The van der Waals surface area contributed by atoms with Crippen molar-refractivity contribution in [2.75, 3.05) is 10.8 Å². The number of amides is 2. The van der Waals surface area contributed by atoms with E-state index in [0.717, 1.165) is 47.9 Å². The minimum absolute atomic E-state index is 0.0983. The van der Waals surface area contributed by atoms with E-state index in [1.54, 1.807) is 35.2 Å². The van der Waals surface area contributed by atoms with Crippen LogP contribution in [0.25, 0.3) is 0 Å². The van der Waals surface area contributed by atoms with Crippen molar-refractivity contribution in [1.29, 1.82) is 0 Å². The van der Waals surface area contributed by atoms with E-state index < -0.39 is 28.5 Å². The van der Waals surface area contributed by atoms with E-state index in [0.29, 0.717) is 12.1 Å². The van der Waals surface area contributed by atoms with Crippen molar-refractivity contribution in [2.24, 2.45) is 0 Å². The monoisotopic (exact) mass is 589 g/mol. The third kappa shape index (κ3) is 7.40. The first-order valence-electron chi connectivity index (χ1n) is 14.9. The number of benzene rings is 3. The Labute approximate surface area is 251 Å². The van der Waals surface area contributed by atoms with Gasteiger partial charge in [0, 0.05) is 12.6 Å². The van der Waals surface area contributed by atoms with E-state index in [1.165, 1.54) is 22.9 Å². The average molecular weight is 590 g/mol. The molecule has 1 saturated carbocycles. The zero-order valence-electron chi connectivity index (χ0n) is 25.2. The van der Waals surface area contributed by atoms with Crippen molar-refractivity contribution in [3.8, 4) is 0 Å². The molecule has 3 aromatic rings. The second-order valence-corrected chi connectivity index (χ2v) is 13.2. The Morgan fingerprint density at radius 2 is 1.60 bits per heavy atom. The maximum Gasteiger partial charge on any atom is 0.264 e. The van der Waals surface area contributed by atoms with Gasteiger partial charge in [-0.2, -0.15) is 0 Å². The molecule has 1 N–H and O–H groups in total. The van der Waals surface area contributed by atoms with Crippen LogP contribution in [0, 0.1) is 20.8 Å². The lowest BCUT2D eigenvalue weighted by molar-refractivity contribution is -0.140. The van der Waals surface area contributed by atoms with Crippen molar-refractivity contribution < 1.29 is 18.0 Å². The van der Waals surface area contributed by atoms with E-state index >= 15 is 0 Å². The Hall–Kier alpha value is -3.65. The highest BCUT2D eigenvalue weighted by molar-refractivity contribution is 7.92. The van der Waals surface area contributed by atoms with Crippen molar-refractivity contribution in [3.63, 3.8) is 0 Å². The Morgan fingerprint density at radius 1 is 0.905 bits per heavy atom. The summed E-state index contributed by atoms with van der Waals surface area (Å²) >= 11 is 0. The van der Waals surface area contributed by atoms with Crippen molar-refractivity contribution >= 4 is 27.5 Å². The van der Waals surface area contributed by atoms with Gasteiger partial charge in [-0.1, -0.05) is 86.3 Å². The molecule has 4 rings (SSSR count). The van der Waals surface area contributed by atoms with Crippen LogP contribution < -0.4 is 9.62 Å². The molecular formula is C34H43N3O4S. The van der Waals surface area contributed by atoms with Crippen LogP contribution in [0.1, 0.15) is 67.7 Å². The summed E-state index contributed by atoms with van der Waals surface area (Å²) in [6, 6.07) is 20.8. The lowest BCUT2D eigenvalue weighted by atomic mass is 9.95. The molecule has 0 radical (unpaired) electrons. The van der Waals surface area contributed by atoms with Crippen LogP contribution in [-0.2, 0) is 26.2 Å². The summed E-state index contributed by atoms with van der Waals surface area (Å²) in [6.45, 7) is 7.42. The Kier molecular flexibility index (Phi) is 10.4. The zero-order chi connectivity index (χ0) is 30.3. The number of hydrogen-bond acceptors (Lipinski definition) is 4. The van der Waals surface area contributed by atoms with E-state index in [-0.39, 0.29) is 23.4 Å². The number of rotatable bonds is 11. The van der Waals surface area contributed by atoms with E-state index in [9.17, 15) is 18.0 Å². The van der Waals surface area contributed by atoms with Crippen molar-refractivity contribution in [2.45, 2.75) is 89.7 Å². The van der Waals surface area contributed by atoms with Crippen molar-refractivity contribution in [3.05, 3.63) is 95.1 Å². The molecule has 3 aromatic carbocycles. The number of anilines is 1. The number of aryl methyl sites for hydroxylation is 2. The molecule has 0 bridgehead atoms. The minimum atomic E-state index is -4.09. The molecule has 224 valence electrons. The zero-order valence-corrected chi connectivity index (χ0v) is 26.0. The van der Waals surface area contributed by atoms with E-state index in [2.05, 4.69) is 5.32 Å². The van der Waals surface area contributed by atoms with Gasteiger partial charge in [-0.15, -0.1) is 0 Å². The van der Waals surface area contributed by atoms with Gasteiger partial charge in [0.2, 0.25) is 11.8 Å². The molecule has 1 atom stereocenters. The second-order valence-electron chi connectivity index (χ2n) is 11.3. The number of sulfonamides is 1. The van der Waals surface area contributed by atoms with E-state index in [4.69, 9.17) is 0 Å². The standard InChI is InChI=1S/C34H43N3O4S/c1-5-31(34(39)35-29-17-8-6-9-18-29)36(23-28-16-12-14-25(2)22-28)33(38)24-37(32-21-13-15-26(3)27(32)4)42(40,41)30-19-10-7-11-20-30/h7,10-16,19-22,29,31H,5-6,8-9,17-18,23-24H2,1-4H3,(H,35,39). The van der Waals surface area contributed by atoms with Gasteiger partial charge in [0.05, 0.1) is 10.6 Å². The summed E-state index contributed by atoms with van der Waals surface area (Å²) in [6.07, 6.45) is 5.61. The molecule has 0 saturated heterocycles. The number of nitrogens with one attached hydrogen (secondary N) is 1. The molecule has 0 aromatic heterocycles. The van der Waals surface area contributed by atoms with Crippen LogP contribution in [0.2, 0.25) is 0 Å². The van der Waals surface area contributed by atoms with Crippen molar-refractivity contribution in [1.82, 2.24) is 10.2 Å². The lowest BCUT2D eigenvalue weighted by Crippen LogP contribution is -2.54. The fraction of sp³-hybridized carbons (Fsp3) is 0.412. The molecule has 1 fully saturated rings. The third-order valence-corrected chi connectivity index (χ3v) is 10.0. The predicted molar refractivity (Wildman–Crippen MR) is 168 cm³/mol. The molecule has 0 aliphatic heterocycles. The number of hydrogen-bond donors (Lipinski definition) is 1. The molecule has 1 unspecified atom stereocenters. The van der Waals surface area contributed by atoms with Gasteiger partial charge in [-0.25, -0.2) is 8.42 Å². The summed E-state index contributed by atoms with van der Waals surface area (Å²) in [7, 11) is -4.09.